The molecular weight excluding hydrogens is 217 g/mol. The molecule has 0 saturated carbocycles. The van der Waals surface area contributed by atoms with Gasteiger partial charge < -0.3 is 15.2 Å². The van der Waals surface area contributed by atoms with Gasteiger partial charge in [0.2, 0.25) is 0 Å². The maximum absolute atomic E-state index is 13.4. The Balaban J connectivity index is 4.56. The molecule has 0 rings (SSSR count). The van der Waals surface area contributed by atoms with Crippen molar-refractivity contribution in [2.75, 3.05) is 0 Å². The molecule has 0 saturated heterocycles. The maximum atomic E-state index is 13.4. The molecule has 0 aromatic rings. The predicted molar refractivity (Wildman–Crippen MR) is 56.0 cm³/mol. The Labute approximate surface area is 94.0 Å². The SMILES string of the molecule is CC(C)(C)OC(=O)N[C@H](C(=O)O)C(C)(C)F. The fraction of sp³-hybridized carbons (Fsp3) is 0.800. The van der Waals surface area contributed by atoms with Crippen LogP contribution in [0.4, 0.5) is 9.18 Å². The van der Waals surface area contributed by atoms with E-state index in [1.165, 1.54) is 0 Å². The van der Waals surface area contributed by atoms with Gasteiger partial charge in [-0.15, -0.1) is 0 Å². The van der Waals surface area contributed by atoms with Crippen molar-refractivity contribution in [3.05, 3.63) is 0 Å². The van der Waals surface area contributed by atoms with E-state index in [1.54, 1.807) is 20.8 Å². The van der Waals surface area contributed by atoms with Crippen LogP contribution in [0.5, 0.6) is 0 Å². The summed E-state index contributed by atoms with van der Waals surface area (Å²) in [6, 6.07) is -1.64. The average Bonchev–Trinajstić information content (AvgIpc) is 1.93. The van der Waals surface area contributed by atoms with Gasteiger partial charge in [0.15, 0.2) is 6.04 Å². The van der Waals surface area contributed by atoms with E-state index in [1.807, 2.05) is 5.32 Å². The van der Waals surface area contributed by atoms with Gasteiger partial charge in [-0.25, -0.2) is 14.0 Å². The molecule has 1 atom stereocenters. The van der Waals surface area contributed by atoms with Crippen molar-refractivity contribution >= 4 is 12.1 Å². The van der Waals surface area contributed by atoms with Crippen molar-refractivity contribution in [1.29, 1.82) is 0 Å². The highest BCUT2D eigenvalue weighted by atomic mass is 19.1. The summed E-state index contributed by atoms with van der Waals surface area (Å²) < 4.78 is 18.3. The predicted octanol–water partition coefficient (Wildman–Crippen LogP) is 1.71. The Morgan fingerprint density at radius 3 is 1.94 bits per heavy atom. The van der Waals surface area contributed by atoms with E-state index in [-0.39, 0.29) is 0 Å². The quantitative estimate of drug-likeness (QED) is 0.780. The number of alkyl carbamates (subject to hydrolysis) is 1. The number of nitrogens with one attached hydrogen (secondary N) is 1. The lowest BCUT2D eigenvalue weighted by Crippen LogP contribution is -2.53. The molecule has 94 valence electrons. The summed E-state index contributed by atoms with van der Waals surface area (Å²) in [5.41, 5.74) is -2.82. The molecule has 0 spiro atoms. The van der Waals surface area contributed by atoms with Gasteiger partial charge in [-0.2, -0.15) is 0 Å². The molecule has 0 aromatic heterocycles. The number of alkyl halides is 1. The minimum atomic E-state index is -2.07. The zero-order valence-corrected chi connectivity index (χ0v) is 10.1. The largest absolute Gasteiger partial charge is 0.480 e. The van der Waals surface area contributed by atoms with Crippen LogP contribution in [0.25, 0.3) is 0 Å². The first kappa shape index (κ1) is 14.7. The Kier molecular flexibility index (Phi) is 4.28. The van der Waals surface area contributed by atoms with Crippen LogP contribution in [0.15, 0.2) is 0 Å². The van der Waals surface area contributed by atoms with Crippen molar-refractivity contribution < 1.29 is 23.8 Å². The first-order chi connectivity index (χ1) is 6.93. The molecule has 0 aliphatic heterocycles. The summed E-state index contributed by atoms with van der Waals surface area (Å²) in [7, 11) is 0. The highest BCUT2D eigenvalue weighted by molar-refractivity contribution is 5.81. The third-order valence-corrected chi connectivity index (χ3v) is 1.59. The second kappa shape index (κ2) is 4.67. The fourth-order valence-corrected chi connectivity index (χ4v) is 0.952. The van der Waals surface area contributed by atoms with Gasteiger partial charge in [-0.3, -0.25) is 0 Å². The molecular formula is C10H18FNO4. The highest BCUT2D eigenvalue weighted by Crippen LogP contribution is 2.15. The van der Waals surface area contributed by atoms with E-state index in [4.69, 9.17) is 9.84 Å². The van der Waals surface area contributed by atoms with Crippen LogP contribution in [0.1, 0.15) is 34.6 Å². The molecule has 1 amide bonds. The molecule has 0 heterocycles. The second-order valence-electron chi connectivity index (χ2n) is 4.98. The molecule has 0 bridgehead atoms. The Morgan fingerprint density at radius 1 is 1.25 bits per heavy atom. The lowest BCUT2D eigenvalue weighted by atomic mass is 10.0. The molecule has 0 aliphatic rings. The van der Waals surface area contributed by atoms with E-state index >= 15 is 0 Å². The lowest BCUT2D eigenvalue weighted by Gasteiger charge is -2.26. The zero-order chi connectivity index (χ0) is 13.1. The number of halogens is 1. The summed E-state index contributed by atoms with van der Waals surface area (Å²) in [6.45, 7) is 7.03. The molecule has 0 fully saturated rings. The first-order valence-corrected chi connectivity index (χ1v) is 4.85. The molecule has 2 N–H and O–H groups in total. The number of rotatable bonds is 3. The van der Waals surface area contributed by atoms with E-state index in [9.17, 15) is 14.0 Å². The number of carbonyl (C=O) groups is 2. The zero-order valence-electron chi connectivity index (χ0n) is 10.1. The molecule has 0 radical (unpaired) electrons. The third-order valence-electron chi connectivity index (χ3n) is 1.59. The van der Waals surface area contributed by atoms with E-state index in [2.05, 4.69) is 0 Å². The maximum Gasteiger partial charge on any atom is 0.408 e. The number of carboxylic acids is 1. The molecule has 0 unspecified atom stereocenters. The number of amides is 1. The number of aliphatic carboxylic acids is 1. The van der Waals surface area contributed by atoms with E-state index in [0.29, 0.717) is 0 Å². The van der Waals surface area contributed by atoms with Crippen molar-refractivity contribution in [1.82, 2.24) is 5.32 Å². The Morgan fingerprint density at radius 2 is 1.69 bits per heavy atom. The van der Waals surface area contributed by atoms with Gasteiger partial charge in [0.05, 0.1) is 0 Å². The minimum Gasteiger partial charge on any atom is -0.480 e. The second-order valence-corrected chi connectivity index (χ2v) is 4.98. The lowest BCUT2D eigenvalue weighted by molar-refractivity contribution is -0.143. The number of hydrogen-bond acceptors (Lipinski definition) is 3. The van der Waals surface area contributed by atoms with Crippen molar-refractivity contribution in [2.24, 2.45) is 0 Å². The van der Waals surface area contributed by atoms with Crippen LogP contribution >= 0.6 is 0 Å². The fourth-order valence-electron chi connectivity index (χ4n) is 0.952. The van der Waals surface area contributed by atoms with Crippen LogP contribution in [0.2, 0.25) is 0 Å². The van der Waals surface area contributed by atoms with Gasteiger partial charge in [0, 0.05) is 0 Å². The van der Waals surface area contributed by atoms with Crippen molar-refractivity contribution in [3.8, 4) is 0 Å². The normalized spacial score (nSPS) is 14.1. The van der Waals surface area contributed by atoms with Gasteiger partial charge >= 0.3 is 12.1 Å². The molecule has 16 heavy (non-hydrogen) atoms. The summed E-state index contributed by atoms with van der Waals surface area (Å²) in [5, 5.41) is 10.7. The standard InChI is InChI=1S/C10H18FNO4/c1-9(2,3)16-8(15)12-6(7(13)14)10(4,5)11/h6H,1-5H3,(H,12,15)(H,13,14)/t6-/m1/s1. The summed E-state index contributed by atoms with van der Waals surface area (Å²) in [5.74, 6) is -1.45. The molecule has 0 aromatic carbocycles. The summed E-state index contributed by atoms with van der Waals surface area (Å²) in [4.78, 5) is 22.0. The van der Waals surface area contributed by atoms with Crippen LogP contribution in [0.3, 0.4) is 0 Å². The highest BCUT2D eigenvalue weighted by Gasteiger charge is 2.37. The minimum absolute atomic E-state index is 0.756. The monoisotopic (exact) mass is 235 g/mol. The summed E-state index contributed by atoms with van der Waals surface area (Å²) in [6.07, 6.45) is -0.953. The Bertz CT molecular complexity index is 278. The first-order valence-electron chi connectivity index (χ1n) is 4.85. The van der Waals surface area contributed by atoms with Crippen LogP contribution in [-0.2, 0) is 9.53 Å². The average molecular weight is 235 g/mol. The van der Waals surface area contributed by atoms with Crippen molar-refractivity contribution in [2.45, 2.75) is 51.9 Å². The van der Waals surface area contributed by atoms with Crippen LogP contribution in [0, 0.1) is 0 Å². The Hall–Kier alpha value is -1.33. The van der Waals surface area contributed by atoms with E-state index < -0.39 is 29.4 Å². The third kappa shape index (κ3) is 5.53. The molecule has 5 nitrogen and oxygen atoms in total. The van der Waals surface area contributed by atoms with Crippen molar-refractivity contribution in [3.63, 3.8) is 0 Å². The van der Waals surface area contributed by atoms with Gasteiger partial charge in [-0.05, 0) is 34.6 Å². The number of hydrogen-bond donors (Lipinski definition) is 2. The summed E-state index contributed by atoms with van der Waals surface area (Å²) >= 11 is 0. The smallest absolute Gasteiger partial charge is 0.408 e. The molecule has 6 heteroatoms. The van der Waals surface area contributed by atoms with Crippen LogP contribution < -0.4 is 5.32 Å². The number of carbonyl (C=O) groups excluding carboxylic acids is 1. The van der Waals surface area contributed by atoms with E-state index in [0.717, 1.165) is 13.8 Å². The van der Waals surface area contributed by atoms with Crippen LogP contribution in [-0.4, -0.2) is 34.5 Å². The van der Waals surface area contributed by atoms with Gasteiger partial charge in [0.25, 0.3) is 0 Å². The number of carboxylic acid groups (broad SMARTS) is 1. The van der Waals surface area contributed by atoms with Gasteiger partial charge in [0.1, 0.15) is 11.3 Å². The topological polar surface area (TPSA) is 75.6 Å². The van der Waals surface area contributed by atoms with Gasteiger partial charge in [-0.1, -0.05) is 0 Å². The number of ether oxygens (including phenoxy) is 1. The molecule has 0 aliphatic carbocycles.